The Morgan fingerprint density at radius 2 is 1.90 bits per heavy atom. The lowest BCUT2D eigenvalue weighted by molar-refractivity contribution is 0.110. The molecule has 0 N–H and O–H groups in total. The van der Waals surface area contributed by atoms with E-state index in [9.17, 15) is 4.79 Å². The summed E-state index contributed by atoms with van der Waals surface area (Å²) < 4.78 is 7.07. The molecule has 0 bridgehead atoms. The first kappa shape index (κ1) is 12.4. The third kappa shape index (κ3) is 1.86. The predicted octanol–water partition coefficient (Wildman–Crippen LogP) is 3.56. The molecule has 20 heavy (non-hydrogen) atoms. The van der Waals surface area contributed by atoms with Crippen molar-refractivity contribution in [1.82, 2.24) is 9.78 Å². The van der Waals surface area contributed by atoms with Crippen LogP contribution in [0, 0.1) is 13.8 Å². The zero-order valence-electron chi connectivity index (χ0n) is 11.3. The van der Waals surface area contributed by atoms with E-state index in [1.807, 2.05) is 48.9 Å². The molecule has 0 unspecified atom stereocenters. The molecule has 0 aliphatic rings. The lowest BCUT2D eigenvalue weighted by Crippen LogP contribution is -1.98. The molecule has 0 atom stereocenters. The Labute approximate surface area is 116 Å². The van der Waals surface area contributed by atoms with E-state index >= 15 is 0 Å². The molecule has 2 aromatic heterocycles. The number of rotatable bonds is 3. The number of para-hydroxylation sites is 1. The van der Waals surface area contributed by atoms with Crippen LogP contribution in [0.15, 0.2) is 47.1 Å². The first-order valence-electron chi connectivity index (χ1n) is 6.37. The van der Waals surface area contributed by atoms with Crippen LogP contribution in [0.1, 0.15) is 21.9 Å². The van der Waals surface area contributed by atoms with Crippen LogP contribution in [0.4, 0.5) is 0 Å². The second-order valence-corrected chi connectivity index (χ2v) is 4.61. The molecule has 0 saturated heterocycles. The number of benzene rings is 1. The van der Waals surface area contributed by atoms with Crippen molar-refractivity contribution in [2.75, 3.05) is 0 Å². The molecule has 4 nitrogen and oxygen atoms in total. The first-order valence-corrected chi connectivity index (χ1v) is 6.37. The van der Waals surface area contributed by atoms with Gasteiger partial charge in [0.1, 0.15) is 0 Å². The molecule has 0 saturated carbocycles. The summed E-state index contributed by atoms with van der Waals surface area (Å²) >= 11 is 0. The van der Waals surface area contributed by atoms with Crippen LogP contribution >= 0.6 is 0 Å². The molecule has 3 rings (SSSR count). The highest BCUT2D eigenvalue weighted by Crippen LogP contribution is 2.31. The summed E-state index contributed by atoms with van der Waals surface area (Å²) in [6.07, 6.45) is 2.26. The molecular formula is C16H14N2O2. The van der Waals surface area contributed by atoms with Crippen molar-refractivity contribution < 1.29 is 9.21 Å². The number of furan rings is 1. The van der Waals surface area contributed by atoms with Crippen LogP contribution in [0.3, 0.4) is 0 Å². The van der Waals surface area contributed by atoms with E-state index in [1.165, 1.54) is 6.26 Å². The number of aryl methyl sites for hydroxylation is 1. The number of hydrogen-bond donors (Lipinski definition) is 0. The van der Waals surface area contributed by atoms with Crippen LogP contribution < -0.4 is 0 Å². The smallest absolute Gasteiger partial charge is 0.185 e. The zero-order chi connectivity index (χ0) is 14.1. The van der Waals surface area contributed by atoms with E-state index in [0.717, 1.165) is 34.5 Å². The van der Waals surface area contributed by atoms with Crippen molar-refractivity contribution in [1.29, 1.82) is 0 Å². The Morgan fingerprint density at radius 3 is 2.60 bits per heavy atom. The van der Waals surface area contributed by atoms with Gasteiger partial charge in [-0.3, -0.25) is 4.79 Å². The fourth-order valence-corrected chi connectivity index (χ4v) is 2.47. The van der Waals surface area contributed by atoms with Gasteiger partial charge in [0, 0.05) is 16.8 Å². The number of hydrogen-bond acceptors (Lipinski definition) is 3. The largest absolute Gasteiger partial charge is 0.461 e. The number of carbonyl (C=O) groups is 1. The maximum absolute atomic E-state index is 11.0. The lowest BCUT2D eigenvalue weighted by atomic mass is 10.0. The average molecular weight is 266 g/mol. The van der Waals surface area contributed by atoms with Gasteiger partial charge in [-0.05, 0) is 32.0 Å². The standard InChI is InChI=1S/C16H14N2O2/c1-11-16(14-8-9-20-15(14)10-19)12(2)18(17-11)13-6-4-3-5-7-13/h3-10H,1-2H3. The van der Waals surface area contributed by atoms with E-state index in [1.54, 1.807) is 6.07 Å². The molecule has 100 valence electrons. The summed E-state index contributed by atoms with van der Waals surface area (Å²) in [5.74, 6) is 0.337. The molecule has 0 aliphatic carbocycles. The molecule has 0 aliphatic heterocycles. The van der Waals surface area contributed by atoms with Crippen molar-refractivity contribution in [3.05, 3.63) is 59.8 Å². The van der Waals surface area contributed by atoms with E-state index in [-0.39, 0.29) is 0 Å². The molecule has 0 amide bonds. The fraction of sp³-hybridized carbons (Fsp3) is 0.125. The van der Waals surface area contributed by atoms with Gasteiger partial charge in [0.2, 0.25) is 0 Å². The summed E-state index contributed by atoms with van der Waals surface area (Å²) in [6.45, 7) is 3.92. The van der Waals surface area contributed by atoms with Gasteiger partial charge in [0.25, 0.3) is 0 Å². The van der Waals surface area contributed by atoms with Crippen LogP contribution in [0.5, 0.6) is 0 Å². The molecular weight excluding hydrogens is 252 g/mol. The van der Waals surface area contributed by atoms with Gasteiger partial charge in [-0.25, -0.2) is 4.68 Å². The molecule has 2 heterocycles. The van der Waals surface area contributed by atoms with Crippen LogP contribution in [-0.4, -0.2) is 16.1 Å². The van der Waals surface area contributed by atoms with Crippen molar-refractivity contribution >= 4 is 6.29 Å². The summed E-state index contributed by atoms with van der Waals surface area (Å²) in [5, 5.41) is 4.57. The summed E-state index contributed by atoms with van der Waals surface area (Å²) in [5.41, 5.74) is 4.59. The Bertz CT molecular complexity index is 754. The Kier molecular flexibility index (Phi) is 2.99. The van der Waals surface area contributed by atoms with Crippen molar-refractivity contribution in [3.63, 3.8) is 0 Å². The van der Waals surface area contributed by atoms with Crippen LogP contribution in [-0.2, 0) is 0 Å². The zero-order valence-corrected chi connectivity index (χ0v) is 11.3. The van der Waals surface area contributed by atoms with Gasteiger partial charge in [0.15, 0.2) is 12.0 Å². The molecule has 4 heteroatoms. The third-order valence-electron chi connectivity index (χ3n) is 3.36. The number of aldehydes is 1. The van der Waals surface area contributed by atoms with E-state index in [2.05, 4.69) is 5.10 Å². The SMILES string of the molecule is Cc1nn(-c2ccccc2)c(C)c1-c1ccoc1C=O. The highest BCUT2D eigenvalue weighted by molar-refractivity contribution is 5.86. The topological polar surface area (TPSA) is 48.0 Å². The Balaban J connectivity index is 2.20. The van der Waals surface area contributed by atoms with Crippen LogP contribution in [0.25, 0.3) is 16.8 Å². The van der Waals surface area contributed by atoms with Crippen molar-refractivity contribution in [3.8, 4) is 16.8 Å². The number of nitrogens with zero attached hydrogens (tertiary/aromatic N) is 2. The number of aromatic nitrogens is 2. The normalized spacial score (nSPS) is 10.7. The monoisotopic (exact) mass is 266 g/mol. The molecule has 0 fully saturated rings. The summed E-state index contributed by atoms with van der Waals surface area (Å²) in [6, 6.07) is 11.7. The molecule has 0 spiro atoms. The second kappa shape index (κ2) is 4.81. The minimum absolute atomic E-state index is 0.337. The van der Waals surface area contributed by atoms with Gasteiger partial charge in [-0.1, -0.05) is 18.2 Å². The molecule has 1 aromatic carbocycles. The fourth-order valence-electron chi connectivity index (χ4n) is 2.47. The quantitative estimate of drug-likeness (QED) is 0.681. The van der Waals surface area contributed by atoms with Crippen molar-refractivity contribution in [2.45, 2.75) is 13.8 Å². The minimum Gasteiger partial charge on any atom is -0.461 e. The Morgan fingerprint density at radius 1 is 1.15 bits per heavy atom. The highest BCUT2D eigenvalue weighted by atomic mass is 16.3. The average Bonchev–Trinajstić information content (AvgIpc) is 3.04. The van der Waals surface area contributed by atoms with E-state index < -0.39 is 0 Å². The Hall–Kier alpha value is -2.62. The molecule has 0 radical (unpaired) electrons. The lowest BCUT2D eigenvalue weighted by Gasteiger charge is -2.04. The summed E-state index contributed by atoms with van der Waals surface area (Å²) in [7, 11) is 0. The van der Waals surface area contributed by atoms with Gasteiger partial charge in [0.05, 0.1) is 17.6 Å². The van der Waals surface area contributed by atoms with E-state index in [0.29, 0.717) is 5.76 Å². The third-order valence-corrected chi connectivity index (χ3v) is 3.36. The van der Waals surface area contributed by atoms with Gasteiger partial charge in [-0.2, -0.15) is 5.10 Å². The first-order chi connectivity index (χ1) is 9.72. The highest BCUT2D eigenvalue weighted by Gasteiger charge is 2.18. The minimum atomic E-state index is 0.337. The van der Waals surface area contributed by atoms with Gasteiger partial charge in [-0.15, -0.1) is 0 Å². The van der Waals surface area contributed by atoms with Crippen LogP contribution in [0.2, 0.25) is 0 Å². The summed E-state index contributed by atoms with van der Waals surface area (Å²) in [4.78, 5) is 11.0. The second-order valence-electron chi connectivity index (χ2n) is 4.61. The predicted molar refractivity (Wildman–Crippen MR) is 76.1 cm³/mol. The van der Waals surface area contributed by atoms with E-state index in [4.69, 9.17) is 4.42 Å². The molecule has 3 aromatic rings. The number of carbonyl (C=O) groups excluding carboxylic acids is 1. The van der Waals surface area contributed by atoms with Gasteiger partial charge >= 0.3 is 0 Å². The van der Waals surface area contributed by atoms with Crippen molar-refractivity contribution in [2.24, 2.45) is 0 Å². The maximum Gasteiger partial charge on any atom is 0.185 e. The maximum atomic E-state index is 11.0. The van der Waals surface area contributed by atoms with Gasteiger partial charge < -0.3 is 4.42 Å².